The molecule has 0 aliphatic carbocycles. The van der Waals surface area contributed by atoms with Crippen molar-refractivity contribution in [2.75, 3.05) is 6.26 Å². The van der Waals surface area contributed by atoms with Crippen molar-refractivity contribution >= 4 is 15.7 Å². The molecule has 1 atom stereocenters. The first kappa shape index (κ1) is 20.8. The molecule has 0 saturated carbocycles. The van der Waals surface area contributed by atoms with E-state index in [4.69, 9.17) is 0 Å². The van der Waals surface area contributed by atoms with Gasteiger partial charge in [0.25, 0.3) is 5.91 Å². The highest BCUT2D eigenvalue weighted by Gasteiger charge is 2.15. The highest BCUT2D eigenvalue weighted by Crippen LogP contribution is 2.20. The molecule has 0 radical (unpaired) electrons. The number of hydrogen-bond acceptors (Lipinski definition) is 4. The van der Waals surface area contributed by atoms with Crippen LogP contribution < -0.4 is 5.32 Å². The molecule has 7 heteroatoms. The van der Waals surface area contributed by atoms with Crippen LogP contribution >= 0.6 is 0 Å². The fourth-order valence-electron chi connectivity index (χ4n) is 3.14. The number of amides is 1. The summed E-state index contributed by atoms with van der Waals surface area (Å²) in [6.07, 6.45) is 5.57. The number of aromatic nitrogens is 2. The molecule has 0 fully saturated rings. The van der Waals surface area contributed by atoms with Crippen LogP contribution in [-0.2, 0) is 16.4 Å². The standard InChI is InChI=1S/C22H25N3O3S/c1-4-21(18-9-11-20(12-10-18)29(3,27)28)24-22(26)19-7-5-17(6-8-19)15-25-14-13-23-16(25)2/h5-14,21H,4,15H2,1-3H3,(H,24,26). The fourth-order valence-corrected chi connectivity index (χ4v) is 3.77. The number of aryl methyl sites for hydroxylation is 1. The SMILES string of the molecule is CCC(NC(=O)c1ccc(Cn2ccnc2C)cc1)c1ccc(S(C)(=O)=O)cc1. The van der Waals surface area contributed by atoms with Gasteiger partial charge in [-0.2, -0.15) is 0 Å². The molecule has 1 amide bonds. The summed E-state index contributed by atoms with van der Waals surface area (Å²) in [6, 6.07) is 14.0. The second-order valence-electron chi connectivity index (χ2n) is 7.07. The van der Waals surface area contributed by atoms with Crippen LogP contribution in [0.3, 0.4) is 0 Å². The zero-order chi connectivity index (χ0) is 21.0. The third-order valence-corrected chi connectivity index (χ3v) is 6.05. The average molecular weight is 412 g/mol. The molecule has 29 heavy (non-hydrogen) atoms. The molecule has 1 N–H and O–H groups in total. The lowest BCUT2D eigenvalue weighted by atomic mass is 10.0. The third kappa shape index (κ3) is 5.12. The summed E-state index contributed by atoms with van der Waals surface area (Å²) in [4.78, 5) is 17.2. The summed E-state index contributed by atoms with van der Waals surface area (Å²) in [7, 11) is -3.24. The Morgan fingerprint density at radius 3 is 2.28 bits per heavy atom. The van der Waals surface area contributed by atoms with Crippen LogP contribution in [0.25, 0.3) is 0 Å². The van der Waals surface area contributed by atoms with Gasteiger partial charge in [0, 0.05) is 30.8 Å². The largest absolute Gasteiger partial charge is 0.345 e. The molecule has 0 spiro atoms. The lowest BCUT2D eigenvalue weighted by molar-refractivity contribution is 0.0935. The molecule has 0 bridgehead atoms. The Hall–Kier alpha value is -2.93. The monoisotopic (exact) mass is 411 g/mol. The van der Waals surface area contributed by atoms with Gasteiger partial charge in [-0.3, -0.25) is 4.79 Å². The Bertz CT molecular complexity index is 1090. The topological polar surface area (TPSA) is 81.1 Å². The number of sulfone groups is 1. The number of rotatable bonds is 7. The Morgan fingerprint density at radius 2 is 1.76 bits per heavy atom. The van der Waals surface area contributed by atoms with Crippen molar-refractivity contribution in [1.82, 2.24) is 14.9 Å². The predicted molar refractivity (Wildman–Crippen MR) is 113 cm³/mol. The molecule has 0 saturated heterocycles. The second kappa shape index (κ2) is 8.61. The van der Waals surface area contributed by atoms with E-state index in [2.05, 4.69) is 10.3 Å². The van der Waals surface area contributed by atoms with Crippen molar-refractivity contribution in [1.29, 1.82) is 0 Å². The summed E-state index contributed by atoms with van der Waals surface area (Å²) in [6.45, 7) is 4.64. The van der Waals surface area contributed by atoms with Gasteiger partial charge in [-0.25, -0.2) is 13.4 Å². The minimum absolute atomic E-state index is 0.158. The van der Waals surface area contributed by atoms with Crippen molar-refractivity contribution in [2.24, 2.45) is 0 Å². The van der Waals surface area contributed by atoms with E-state index in [1.54, 1.807) is 30.5 Å². The van der Waals surface area contributed by atoms with E-state index in [1.807, 2.05) is 48.9 Å². The van der Waals surface area contributed by atoms with Crippen LogP contribution in [0.15, 0.2) is 65.8 Å². The van der Waals surface area contributed by atoms with Gasteiger partial charge >= 0.3 is 0 Å². The van der Waals surface area contributed by atoms with Crippen LogP contribution in [0.1, 0.15) is 46.7 Å². The Balaban J connectivity index is 1.68. The van der Waals surface area contributed by atoms with E-state index in [1.165, 1.54) is 6.26 Å². The molecular weight excluding hydrogens is 386 g/mol. The molecule has 6 nitrogen and oxygen atoms in total. The normalized spacial score (nSPS) is 12.5. The minimum atomic E-state index is -3.24. The van der Waals surface area contributed by atoms with E-state index in [0.717, 1.165) is 17.0 Å². The average Bonchev–Trinajstić information content (AvgIpc) is 3.10. The molecule has 0 aliphatic rings. The van der Waals surface area contributed by atoms with Crippen LogP contribution in [-0.4, -0.2) is 30.1 Å². The summed E-state index contributed by atoms with van der Waals surface area (Å²) >= 11 is 0. The summed E-state index contributed by atoms with van der Waals surface area (Å²) < 4.78 is 25.3. The highest BCUT2D eigenvalue weighted by atomic mass is 32.2. The zero-order valence-electron chi connectivity index (χ0n) is 16.8. The van der Waals surface area contributed by atoms with Crippen molar-refractivity contribution in [3.8, 4) is 0 Å². The minimum Gasteiger partial charge on any atom is -0.345 e. The lowest BCUT2D eigenvalue weighted by Crippen LogP contribution is -2.28. The number of hydrogen-bond donors (Lipinski definition) is 1. The number of carbonyl (C=O) groups excluding carboxylic acids is 1. The van der Waals surface area contributed by atoms with Gasteiger partial charge in [0.2, 0.25) is 0 Å². The van der Waals surface area contributed by atoms with E-state index in [9.17, 15) is 13.2 Å². The van der Waals surface area contributed by atoms with Gasteiger partial charge in [-0.15, -0.1) is 0 Å². The van der Waals surface area contributed by atoms with Crippen molar-refractivity contribution < 1.29 is 13.2 Å². The van der Waals surface area contributed by atoms with Crippen LogP contribution in [0.2, 0.25) is 0 Å². The number of carbonyl (C=O) groups is 1. The molecule has 3 rings (SSSR count). The molecule has 1 heterocycles. The van der Waals surface area contributed by atoms with Gasteiger partial charge in [-0.05, 0) is 48.7 Å². The fraction of sp³-hybridized carbons (Fsp3) is 0.273. The van der Waals surface area contributed by atoms with Crippen LogP contribution in [0.4, 0.5) is 0 Å². The maximum absolute atomic E-state index is 12.7. The van der Waals surface area contributed by atoms with E-state index < -0.39 is 9.84 Å². The van der Waals surface area contributed by atoms with Gasteiger partial charge in [0.05, 0.1) is 10.9 Å². The highest BCUT2D eigenvalue weighted by molar-refractivity contribution is 7.90. The molecule has 1 aromatic heterocycles. The third-order valence-electron chi connectivity index (χ3n) is 4.92. The van der Waals surface area contributed by atoms with Crippen molar-refractivity contribution in [2.45, 2.75) is 37.8 Å². The Morgan fingerprint density at radius 1 is 1.10 bits per heavy atom. The first-order chi connectivity index (χ1) is 13.8. The van der Waals surface area contributed by atoms with Gasteiger partial charge in [-0.1, -0.05) is 31.2 Å². The summed E-state index contributed by atoms with van der Waals surface area (Å²) in [5, 5.41) is 3.03. The van der Waals surface area contributed by atoms with Crippen LogP contribution in [0.5, 0.6) is 0 Å². The van der Waals surface area contributed by atoms with Crippen molar-refractivity contribution in [3.05, 3.63) is 83.4 Å². The summed E-state index contributed by atoms with van der Waals surface area (Å²) in [5.41, 5.74) is 2.55. The molecule has 2 aromatic carbocycles. The zero-order valence-corrected chi connectivity index (χ0v) is 17.6. The first-order valence-corrected chi connectivity index (χ1v) is 11.3. The molecular formula is C22H25N3O3S. The predicted octanol–water partition coefficient (Wildman–Crippen LogP) is 3.52. The Labute approximate surface area is 171 Å². The van der Waals surface area contributed by atoms with Gasteiger partial charge in [0.1, 0.15) is 5.82 Å². The van der Waals surface area contributed by atoms with Gasteiger partial charge < -0.3 is 9.88 Å². The smallest absolute Gasteiger partial charge is 0.251 e. The quantitative estimate of drug-likeness (QED) is 0.645. The first-order valence-electron chi connectivity index (χ1n) is 9.45. The lowest BCUT2D eigenvalue weighted by Gasteiger charge is -2.18. The number of nitrogens with one attached hydrogen (secondary N) is 1. The Kier molecular flexibility index (Phi) is 6.17. The maximum atomic E-state index is 12.7. The molecule has 1 unspecified atom stereocenters. The maximum Gasteiger partial charge on any atom is 0.251 e. The summed E-state index contributed by atoms with van der Waals surface area (Å²) in [5.74, 6) is 0.786. The second-order valence-corrected chi connectivity index (χ2v) is 9.09. The van der Waals surface area contributed by atoms with E-state index in [0.29, 0.717) is 18.5 Å². The molecule has 3 aromatic rings. The van der Waals surface area contributed by atoms with Gasteiger partial charge in [0.15, 0.2) is 9.84 Å². The molecule has 152 valence electrons. The van der Waals surface area contributed by atoms with E-state index >= 15 is 0 Å². The molecule has 0 aliphatic heterocycles. The van der Waals surface area contributed by atoms with Crippen molar-refractivity contribution in [3.63, 3.8) is 0 Å². The number of benzene rings is 2. The number of nitrogens with zero attached hydrogens (tertiary/aromatic N) is 2. The van der Waals surface area contributed by atoms with Crippen LogP contribution in [0, 0.1) is 6.92 Å². The number of imidazole rings is 1. The van der Waals surface area contributed by atoms with E-state index in [-0.39, 0.29) is 16.8 Å².